The quantitative estimate of drug-likeness (QED) is 0.417. The van der Waals surface area contributed by atoms with E-state index in [-0.39, 0.29) is 5.56 Å². The molecule has 0 saturated heterocycles. The highest BCUT2D eigenvalue weighted by Crippen LogP contribution is 2.27. The minimum atomic E-state index is -0.943. The zero-order valence-corrected chi connectivity index (χ0v) is 19.5. The van der Waals surface area contributed by atoms with Gasteiger partial charge in [-0.15, -0.1) is 0 Å². The number of nitrogens with zero attached hydrogens (tertiary/aromatic N) is 4. The molecule has 0 atom stereocenters. The molecule has 174 valence electrons. The van der Waals surface area contributed by atoms with Gasteiger partial charge < -0.3 is 5.11 Å². The molecule has 1 fully saturated rings. The largest absolute Gasteiger partial charge is 0.478 e. The Morgan fingerprint density at radius 2 is 1.91 bits per heavy atom. The number of aryl methyl sites for hydroxylation is 2. The molecule has 2 heterocycles. The number of unbranched alkanes of at least 4 members (excludes halogenated alkanes) is 1. The molecule has 0 aliphatic heterocycles. The predicted octanol–water partition coefficient (Wildman–Crippen LogP) is 5.94. The lowest BCUT2D eigenvalue weighted by atomic mass is 9.86. The van der Waals surface area contributed by atoms with E-state index in [4.69, 9.17) is 10.1 Å². The Bertz CT molecular complexity index is 1050. The summed E-state index contributed by atoms with van der Waals surface area (Å²) in [5.41, 5.74) is 2.89. The van der Waals surface area contributed by atoms with E-state index in [1.54, 1.807) is 6.20 Å². The molecule has 3 aromatic rings. The normalized spacial score (nSPS) is 14.5. The van der Waals surface area contributed by atoms with Crippen molar-refractivity contribution in [3.8, 4) is 11.1 Å². The Morgan fingerprint density at radius 3 is 2.64 bits per heavy atom. The first-order valence-corrected chi connectivity index (χ1v) is 12.3. The van der Waals surface area contributed by atoms with Crippen LogP contribution in [0.3, 0.4) is 0 Å². The third kappa shape index (κ3) is 6.06. The van der Waals surface area contributed by atoms with Gasteiger partial charge in [0.2, 0.25) is 0 Å². The van der Waals surface area contributed by atoms with Crippen molar-refractivity contribution >= 4 is 5.97 Å². The van der Waals surface area contributed by atoms with Crippen LogP contribution in [-0.2, 0) is 19.4 Å². The van der Waals surface area contributed by atoms with Crippen molar-refractivity contribution in [1.82, 2.24) is 19.7 Å². The second kappa shape index (κ2) is 11.2. The molecule has 6 heteroatoms. The smallest absolute Gasteiger partial charge is 0.336 e. The number of hydrogen-bond donors (Lipinski definition) is 1. The molecule has 1 aliphatic rings. The highest BCUT2D eigenvalue weighted by molar-refractivity contribution is 5.95. The molecule has 6 nitrogen and oxygen atoms in total. The van der Waals surface area contributed by atoms with Crippen LogP contribution in [0.25, 0.3) is 11.1 Å². The summed E-state index contributed by atoms with van der Waals surface area (Å²) in [7, 11) is 0. The van der Waals surface area contributed by atoms with Crippen LogP contribution in [0, 0.1) is 5.92 Å². The molecule has 0 unspecified atom stereocenters. The van der Waals surface area contributed by atoms with E-state index in [1.165, 1.54) is 50.8 Å². The molecule has 1 aromatic carbocycles. The molecule has 2 aromatic heterocycles. The van der Waals surface area contributed by atoms with E-state index in [0.717, 1.165) is 60.9 Å². The van der Waals surface area contributed by atoms with Gasteiger partial charge in [0.05, 0.1) is 5.56 Å². The number of carboxylic acids is 1. The first kappa shape index (κ1) is 23.1. The average molecular weight is 447 g/mol. The minimum Gasteiger partial charge on any atom is -0.478 e. The maximum absolute atomic E-state index is 11.5. The van der Waals surface area contributed by atoms with Crippen molar-refractivity contribution < 1.29 is 9.90 Å². The molecule has 0 radical (unpaired) electrons. The molecule has 4 rings (SSSR count). The van der Waals surface area contributed by atoms with Gasteiger partial charge in [-0.2, -0.15) is 5.10 Å². The third-order valence-electron chi connectivity index (χ3n) is 6.70. The van der Waals surface area contributed by atoms with Gasteiger partial charge in [-0.1, -0.05) is 69.7 Å². The number of pyridine rings is 1. The Kier molecular flexibility index (Phi) is 7.87. The third-order valence-corrected chi connectivity index (χ3v) is 6.70. The van der Waals surface area contributed by atoms with E-state index in [1.807, 2.05) is 12.1 Å². The van der Waals surface area contributed by atoms with Gasteiger partial charge in [-0.25, -0.2) is 14.5 Å². The Labute approximate surface area is 196 Å². The van der Waals surface area contributed by atoms with E-state index in [9.17, 15) is 9.90 Å². The highest BCUT2D eigenvalue weighted by Gasteiger charge is 2.17. The van der Waals surface area contributed by atoms with Crippen LogP contribution in [-0.4, -0.2) is 30.8 Å². The van der Waals surface area contributed by atoms with E-state index < -0.39 is 5.97 Å². The Morgan fingerprint density at radius 1 is 1.12 bits per heavy atom. The number of carbonyl (C=O) groups is 1. The lowest BCUT2D eigenvalue weighted by Gasteiger charge is -2.20. The zero-order chi connectivity index (χ0) is 23.0. The number of hydrogen-bond acceptors (Lipinski definition) is 4. The highest BCUT2D eigenvalue weighted by atomic mass is 16.4. The van der Waals surface area contributed by atoms with Gasteiger partial charge in [0.1, 0.15) is 5.82 Å². The molecule has 1 saturated carbocycles. The first-order valence-electron chi connectivity index (χ1n) is 12.3. The topological polar surface area (TPSA) is 80.9 Å². The Hall–Kier alpha value is -3.02. The van der Waals surface area contributed by atoms with Gasteiger partial charge in [0.15, 0.2) is 5.82 Å². The molecule has 0 bridgehead atoms. The second-order valence-electron chi connectivity index (χ2n) is 9.16. The second-order valence-corrected chi connectivity index (χ2v) is 9.16. The minimum absolute atomic E-state index is 0.264. The fraction of sp³-hybridized carbons (Fsp3) is 0.481. The fourth-order valence-electron chi connectivity index (χ4n) is 4.75. The zero-order valence-electron chi connectivity index (χ0n) is 19.5. The lowest BCUT2D eigenvalue weighted by molar-refractivity contribution is 0.0697. The van der Waals surface area contributed by atoms with Crippen molar-refractivity contribution in [2.45, 2.75) is 77.7 Å². The van der Waals surface area contributed by atoms with Crippen LogP contribution in [0.4, 0.5) is 0 Å². The molecule has 33 heavy (non-hydrogen) atoms. The van der Waals surface area contributed by atoms with Crippen molar-refractivity contribution in [3.63, 3.8) is 0 Å². The van der Waals surface area contributed by atoms with Gasteiger partial charge >= 0.3 is 5.97 Å². The van der Waals surface area contributed by atoms with Crippen LogP contribution in [0.2, 0.25) is 0 Å². The van der Waals surface area contributed by atoms with Crippen molar-refractivity contribution in [2.24, 2.45) is 5.92 Å². The number of benzene rings is 1. The van der Waals surface area contributed by atoms with Crippen molar-refractivity contribution in [1.29, 1.82) is 0 Å². The summed E-state index contributed by atoms with van der Waals surface area (Å²) in [6.07, 6.45) is 15.1. The predicted molar refractivity (Wildman–Crippen MR) is 129 cm³/mol. The summed E-state index contributed by atoms with van der Waals surface area (Å²) in [6.45, 7) is 3.10. The number of aromatic carboxylic acids is 1. The molecular weight excluding hydrogens is 412 g/mol. The van der Waals surface area contributed by atoms with Crippen molar-refractivity contribution in [3.05, 3.63) is 65.5 Å². The van der Waals surface area contributed by atoms with Gasteiger partial charge in [0.25, 0.3) is 0 Å². The van der Waals surface area contributed by atoms with Crippen molar-refractivity contribution in [2.75, 3.05) is 0 Å². The molecule has 0 amide bonds. The maximum Gasteiger partial charge on any atom is 0.336 e. The number of rotatable bonds is 10. The molecule has 0 spiro atoms. The van der Waals surface area contributed by atoms with E-state index in [2.05, 4.69) is 28.7 Å². The number of aromatic nitrogens is 4. The van der Waals surface area contributed by atoms with Gasteiger partial charge in [-0.3, -0.25) is 4.98 Å². The monoisotopic (exact) mass is 446 g/mol. The molecule has 1 aliphatic carbocycles. The van der Waals surface area contributed by atoms with Crippen LogP contribution in [0.5, 0.6) is 0 Å². The van der Waals surface area contributed by atoms with Gasteiger partial charge in [-0.05, 0) is 36.0 Å². The summed E-state index contributed by atoms with van der Waals surface area (Å²) >= 11 is 0. The standard InChI is InChI=1S/C27H34N4O2/c1-2-3-17-31-26(29-25(30-31)14-11-20-7-5-4-6-8-20)18-21-9-12-22(13-10-21)24-19-28-16-15-23(24)27(32)33/h9-10,12-13,15-16,19-20H,2-8,11,14,17-18H2,1H3,(H,32,33). The van der Waals surface area contributed by atoms with Crippen LogP contribution in [0.15, 0.2) is 42.7 Å². The molecule has 1 N–H and O–H groups in total. The summed E-state index contributed by atoms with van der Waals surface area (Å²) in [5, 5.41) is 14.3. The van der Waals surface area contributed by atoms with Crippen LogP contribution < -0.4 is 0 Å². The summed E-state index contributed by atoms with van der Waals surface area (Å²) in [4.78, 5) is 20.6. The summed E-state index contributed by atoms with van der Waals surface area (Å²) in [5.74, 6) is 1.88. The Balaban J connectivity index is 1.48. The summed E-state index contributed by atoms with van der Waals surface area (Å²) < 4.78 is 2.09. The summed E-state index contributed by atoms with van der Waals surface area (Å²) in [6, 6.07) is 9.57. The van der Waals surface area contributed by atoms with Gasteiger partial charge in [0, 0.05) is 37.3 Å². The van der Waals surface area contributed by atoms with E-state index >= 15 is 0 Å². The van der Waals surface area contributed by atoms with Crippen LogP contribution in [0.1, 0.15) is 85.9 Å². The first-order chi connectivity index (χ1) is 16.1. The SMILES string of the molecule is CCCCn1nc(CCC2CCCCC2)nc1Cc1ccc(-c2cnccc2C(=O)O)cc1. The van der Waals surface area contributed by atoms with Crippen LogP contribution >= 0.6 is 0 Å². The lowest BCUT2D eigenvalue weighted by Crippen LogP contribution is -2.08. The molecular formula is C27H34N4O2. The average Bonchev–Trinajstić information content (AvgIpc) is 3.24. The number of carboxylic acid groups (broad SMARTS) is 1. The maximum atomic E-state index is 11.5. The van der Waals surface area contributed by atoms with E-state index in [0.29, 0.717) is 5.56 Å². The fourth-order valence-corrected chi connectivity index (χ4v) is 4.75.